The molecule has 1 aromatic heterocycles. The van der Waals surface area contributed by atoms with E-state index in [2.05, 4.69) is 31.2 Å². The minimum absolute atomic E-state index is 0.286. The third-order valence-electron chi connectivity index (χ3n) is 2.45. The molecule has 1 aromatic carbocycles. The molecular weight excluding hydrogens is 321 g/mol. The second kappa shape index (κ2) is 5.20. The summed E-state index contributed by atoms with van der Waals surface area (Å²) in [6, 6.07) is 4.33. The Labute approximate surface area is 118 Å². The van der Waals surface area contributed by atoms with Gasteiger partial charge in [-0.3, -0.25) is 0 Å². The number of aryl methyl sites for hydroxylation is 2. The Morgan fingerprint density at radius 1 is 1.22 bits per heavy atom. The maximum Gasteiger partial charge on any atom is 0.172 e. The fraction of sp³-hybridized carbons (Fsp3) is 0.167. The Bertz CT molecular complexity index is 604. The fourth-order valence-electron chi connectivity index (χ4n) is 1.37. The van der Waals surface area contributed by atoms with Crippen LogP contribution in [0.2, 0.25) is 5.15 Å². The van der Waals surface area contributed by atoms with Crippen LogP contribution in [0, 0.1) is 19.7 Å². The van der Waals surface area contributed by atoms with Gasteiger partial charge in [-0.15, -0.1) is 0 Å². The summed E-state index contributed by atoms with van der Waals surface area (Å²) >= 11 is 9.28. The number of benzene rings is 1. The van der Waals surface area contributed by atoms with Gasteiger partial charge >= 0.3 is 0 Å². The average molecular weight is 331 g/mol. The molecule has 94 valence electrons. The smallest absolute Gasteiger partial charge is 0.172 e. The van der Waals surface area contributed by atoms with E-state index in [4.69, 9.17) is 11.6 Å². The minimum atomic E-state index is -0.315. The molecule has 2 rings (SSSR count). The summed E-state index contributed by atoms with van der Waals surface area (Å²) < 4.78 is 13.6. The zero-order valence-electron chi connectivity index (χ0n) is 9.76. The van der Waals surface area contributed by atoms with Crippen molar-refractivity contribution in [2.24, 2.45) is 0 Å². The minimum Gasteiger partial charge on any atom is -0.337 e. The second-order valence-electron chi connectivity index (χ2n) is 3.78. The van der Waals surface area contributed by atoms with Crippen molar-refractivity contribution >= 4 is 39.0 Å². The van der Waals surface area contributed by atoms with Crippen molar-refractivity contribution < 1.29 is 4.39 Å². The highest BCUT2D eigenvalue weighted by Crippen LogP contribution is 2.28. The number of nitrogens with zero attached hydrogens (tertiary/aromatic N) is 2. The Hall–Kier alpha value is -1.20. The molecule has 0 bridgehead atoms. The molecule has 1 heterocycles. The van der Waals surface area contributed by atoms with Crippen LogP contribution in [-0.4, -0.2) is 9.97 Å². The molecule has 0 spiro atoms. The molecule has 0 saturated heterocycles. The molecule has 0 aliphatic carbocycles. The third kappa shape index (κ3) is 2.79. The zero-order valence-corrected chi connectivity index (χ0v) is 12.1. The highest BCUT2D eigenvalue weighted by atomic mass is 79.9. The van der Waals surface area contributed by atoms with E-state index >= 15 is 0 Å². The van der Waals surface area contributed by atoms with Crippen LogP contribution in [0.25, 0.3) is 0 Å². The molecule has 0 aliphatic rings. The normalized spacial score (nSPS) is 10.5. The maximum absolute atomic E-state index is 13.0. The van der Waals surface area contributed by atoms with Crippen molar-refractivity contribution in [2.75, 3.05) is 5.32 Å². The number of halogens is 3. The lowest BCUT2D eigenvalue weighted by Gasteiger charge is -2.10. The first-order valence-electron chi connectivity index (χ1n) is 5.20. The standard InChI is InChI=1S/C12H10BrClFN3/c1-6-7(2)17-12(11(14)16-6)18-10-4-3-8(15)5-9(10)13/h3-5H,1-2H3,(H,17,18). The van der Waals surface area contributed by atoms with Crippen LogP contribution in [0.1, 0.15) is 11.4 Å². The predicted octanol–water partition coefficient (Wildman–Crippen LogP) is 4.39. The highest BCUT2D eigenvalue weighted by molar-refractivity contribution is 9.10. The van der Waals surface area contributed by atoms with Crippen LogP contribution in [0.15, 0.2) is 22.7 Å². The largest absolute Gasteiger partial charge is 0.337 e. The van der Waals surface area contributed by atoms with Crippen LogP contribution in [0.4, 0.5) is 15.9 Å². The van der Waals surface area contributed by atoms with Crippen molar-refractivity contribution in [3.63, 3.8) is 0 Å². The molecule has 3 nitrogen and oxygen atoms in total. The van der Waals surface area contributed by atoms with E-state index in [0.29, 0.717) is 16.0 Å². The van der Waals surface area contributed by atoms with Gasteiger partial charge in [0.2, 0.25) is 0 Å². The van der Waals surface area contributed by atoms with E-state index in [0.717, 1.165) is 11.4 Å². The molecule has 0 fully saturated rings. The van der Waals surface area contributed by atoms with Gasteiger partial charge in [-0.1, -0.05) is 11.6 Å². The first-order valence-corrected chi connectivity index (χ1v) is 6.37. The van der Waals surface area contributed by atoms with Crippen molar-refractivity contribution in [1.29, 1.82) is 0 Å². The van der Waals surface area contributed by atoms with E-state index in [1.807, 2.05) is 13.8 Å². The summed E-state index contributed by atoms with van der Waals surface area (Å²) in [6.07, 6.45) is 0. The third-order valence-corrected chi connectivity index (χ3v) is 3.37. The van der Waals surface area contributed by atoms with Crippen LogP contribution in [0.3, 0.4) is 0 Å². The summed E-state index contributed by atoms with van der Waals surface area (Å²) in [5.74, 6) is 0.136. The maximum atomic E-state index is 13.0. The summed E-state index contributed by atoms with van der Waals surface area (Å²) in [7, 11) is 0. The van der Waals surface area contributed by atoms with Crippen LogP contribution in [-0.2, 0) is 0 Å². The van der Waals surface area contributed by atoms with Crippen molar-refractivity contribution in [2.45, 2.75) is 13.8 Å². The fourth-order valence-corrected chi connectivity index (χ4v) is 2.04. The lowest BCUT2D eigenvalue weighted by molar-refractivity contribution is 0.627. The molecule has 2 aromatic rings. The molecule has 0 radical (unpaired) electrons. The molecule has 18 heavy (non-hydrogen) atoms. The predicted molar refractivity (Wildman–Crippen MR) is 73.9 cm³/mol. The lowest BCUT2D eigenvalue weighted by atomic mass is 10.3. The Morgan fingerprint density at radius 3 is 2.56 bits per heavy atom. The molecule has 0 unspecified atom stereocenters. The molecule has 6 heteroatoms. The number of aromatic nitrogens is 2. The van der Waals surface area contributed by atoms with Gasteiger partial charge < -0.3 is 5.32 Å². The topological polar surface area (TPSA) is 37.8 Å². The lowest BCUT2D eigenvalue weighted by Crippen LogP contribution is -2.01. The van der Waals surface area contributed by atoms with Crippen molar-refractivity contribution in [3.8, 4) is 0 Å². The summed E-state index contributed by atoms with van der Waals surface area (Å²) in [5, 5.41) is 3.30. The monoisotopic (exact) mass is 329 g/mol. The molecule has 0 atom stereocenters. The first-order chi connectivity index (χ1) is 8.47. The molecule has 1 N–H and O–H groups in total. The summed E-state index contributed by atoms with van der Waals surface area (Å²) in [6.45, 7) is 3.69. The Kier molecular flexibility index (Phi) is 3.82. The van der Waals surface area contributed by atoms with Gasteiger partial charge in [0.05, 0.1) is 17.1 Å². The van der Waals surface area contributed by atoms with Gasteiger partial charge in [0.15, 0.2) is 11.0 Å². The number of anilines is 2. The number of rotatable bonds is 2. The quantitative estimate of drug-likeness (QED) is 0.887. The van der Waals surface area contributed by atoms with E-state index in [9.17, 15) is 4.39 Å². The van der Waals surface area contributed by atoms with Crippen molar-refractivity contribution in [3.05, 3.63) is 45.0 Å². The van der Waals surface area contributed by atoms with E-state index in [1.165, 1.54) is 12.1 Å². The highest BCUT2D eigenvalue weighted by Gasteiger charge is 2.09. The van der Waals surface area contributed by atoms with Gasteiger partial charge in [-0.2, -0.15) is 0 Å². The summed E-state index contributed by atoms with van der Waals surface area (Å²) in [5.41, 5.74) is 2.25. The zero-order chi connectivity index (χ0) is 13.3. The SMILES string of the molecule is Cc1nc(Cl)c(Nc2ccc(F)cc2Br)nc1C. The van der Waals surface area contributed by atoms with Crippen molar-refractivity contribution in [1.82, 2.24) is 9.97 Å². The van der Waals surface area contributed by atoms with E-state index in [-0.39, 0.29) is 11.0 Å². The number of hydrogen-bond acceptors (Lipinski definition) is 3. The second-order valence-corrected chi connectivity index (χ2v) is 5.00. The number of hydrogen-bond donors (Lipinski definition) is 1. The number of nitrogens with one attached hydrogen (secondary N) is 1. The van der Waals surface area contributed by atoms with Crippen LogP contribution >= 0.6 is 27.5 Å². The Balaban J connectivity index is 2.37. The summed E-state index contributed by atoms with van der Waals surface area (Å²) in [4.78, 5) is 8.48. The average Bonchev–Trinajstić information content (AvgIpc) is 2.29. The van der Waals surface area contributed by atoms with Gasteiger partial charge in [-0.25, -0.2) is 14.4 Å². The molecule has 0 amide bonds. The van der Waals surface area contributed by atoms with Crippen LogP contribution in [0.5, 0.6) is 0 Å². The first kappa shape index (κ1) is 13.2. The molecule has 0 aliphatic heterocycles. The van der Waals surface area contributed by atoms with Gasteiger partial charge in [0.1, 0.15) is 5.82 Å². The van der Waals surface area contributed by atoms with Gasteiger partial charge in [0, 0.05) is 4.47 Å². The van der Waals surface area contributed by atoms with E-state index < -0.39 is 0 Å². The molecule has 0 saturated carbocycles. The van der Waals surface area contributed by atoms with Crippen LogP contribution < -0.4 is 5.32 Å². The van der Waals surface area contributed by atoms with Gasteiger partial charge in [-0.05, 0) is 48.0 Å². The molecular formula is C12H10BrClFN3. The van der Waals surface area contributed by atoms with E-state index in [1.54, 1.807) is 6.07 Å². The van der Waals surface area contributed by atoms with Gasteiger partial charge in [0.25, 0.3) is 0 Å². The Morgan fingerprint density at radius 2 is 1.89 bits per heavy atom.